The van der Waals surface area contributed by atoms with Crippen molar-refractivity contribution in [1.82, 2.24) is 9.80 Å². The fraction of sp³-hybridized carbons (Fsp3) is 0.412. The molecular weight excluding hydrogens is 445 g/mol. The van der Waals surface area contributed by atoms with Crippen molar-refractivity contribution in [2.45, 2.75) is 11.9 Å². The number of ether oxygens (including phenoxy) is 3. The van der Waals surface area contributed by atoms with Crippen molar-refractivity contribution in [3.05, 3.63) is 23.0 Å². The zero-order valence-electron chi connectivity index (χ0n) is 16.3. The summed E-state index contributed by atoms with van der Waals surface area (Å²) in [6.07, 6.45) is -0.129. The number of rotatable bonds is 7. The number of methoxy groups -OCH3 is 1. The third kappa shape index (κ3) is 5.05. The molecule has 1 aromatic carbocycles. The fourth-order valence-corrected chi connectivity index (χ4v) is 2.79. The third-order valence-corrected chi connectivity index (χ3v) is 5.05. The fourth-order valence-electron chi connectivity index (χ4n) is 2.39. The summed E-state index contributed by atoms with van der Waals surface area (Å²) in [6.45, 7) is -0.815. The zero-order valence-corrected chi connectivity index (χ0v) is 17.9. The maximum absolute atomic E-state index is 14.5. The number of thiol groups is 1. The van der Waals surface area contributed by atoms with E-state index in [4.69, 9.17) is 21.1 Å². The van der Waals surface area contributed by atoms with Crippen LogP contribution in [0.4, 0.5) is 19.7 Å². The number of esters is 2. The number of hydrogen-bond acceptors (Lipinski definition) is 8. The highest BCUT2D eigenvalue weighted by atomic mass is 35.5. The Kier molecular flexibility index (Phi) is 7.73. The molecule has 1 aromatic rings. The molecule has 1 fully saturated rings. The second-order valence-corrected chi connectivity index (χ2v) is 6.91. The highest BCUT2D eigenvalue weighted by Crippen LogP contribution is 2.35. The van der Waals surface area contributed by atoms with Crippen molar-refractivity contribution in [1.29, 1.82) is 0 Å². The van der Waals surface area contributed by atoms with Crippen molar-refractivity contribution in [2.24, 2.45) is 0 Å². The van der Waals surface area contributed by atoms with Gasteiger partial charge >= 0.3 is 24.0 Å². The Morgan fingerprint density at radius 2 is 1.77 bits per heavy atom. The van der Waals surface area contributed by atoms with Crippen LogP contribution in [0, 0.1) is 5.82 Å². The molecule has 0 spiro atoms. The molecule has 0 aliphatic carbocycles. The monoisotopic (exact) mass is 463 g/mol. The smallest absolute Gasteiger partial charge is 0.344 e. The first-order chi connectivity index (χ1) is 14.1. The van der Waals surface area contributed by atoms with Gasteiger partial charge in [0.2, 0.25) is 0 Å². The molecule has 10 nitrogen and oxygen atoms in total. The van der Waals surface area contributed by atoms with Crippen LogP contribution in [-0.4, -0.2) is 73.7 Å². The lowest BCUT2D eigenvalue weighted by molar-refractivity contribution is -0.149. The van der Waals surface area contributed by atoms with Gasteiger partial charge in [-0.15, -0.1) is 12.6 Å². The maximum atomic E-state index is 14.5. The molecule has 30 heavy (non-hydrogen) atoms. The normalized spacial score (nSPS) is 14.8. The molecule has 4 amide bonds. The predicted octanol–water partition coefficient (Wildman–Crippen LogP) is 2.10. The van der Waals surface area contributed by atoms with Crippen molar-refractivity contribution >= 4 is 53.9 Å². The van der Waals surface area contributed by atoms with Gasteiger partial charge in [-0.2, -0.15) is 0 Å². The van der Waals surface area contributed by atoms with E-state index in [9.17, 15) is 23.6 Å². The minimum absolute atomic E-state index is 0.129. The summed E-state index contributed by atoms with van der Waals surface area (Å²) in [6, 6.07) is 0.248. The molecule has 1 saturated heterocycles. The number of nitrogens with zero attached hydrogens (tertiary/aromatic N) is 3. The first-order valence-corrected chi connectivity index (χ1v) is 9.34. The Labute approximate surface area is 181 Å². The Morgan fingerprint density at radius 3 is 2.33 bits per heavy atom. The van der Waals surface area contributed by atoms with Crippen LogP contribution in [0.1, 0.15) is 6.42 Å². The average Bonchev–Trinajstić information content (AvgIpc) is 2.71. The molecule has 0 unspecified atom stereocenters. The molecule has 0 radical (unpaired) electrons. The van der Waals surface area contributed by atoms with Crippen LogP contribution >= 0.6 is 24.2 Å². The van der Waals surface area contributed by atoms with Crippen molar-refractivity contribution in [3.63, 3.8) is 0 Å². The molecular formula is C17H19ClFN3O7S. The summed E-state index contributed by atoms with van der Waals surface area (Å²) in [4.78, 5) is 50.6. The van der Waals surface area contributed by atoms with Crippen LogP contribution in [0.5, 0.6) is 5.75 Å². The summed E-state index contributed by atoms with van der Waals surface area (Å²) in [5.41, 5.74) is -1.24. The number of benzene rings is 1. The number of hydrogen-bond donors (Lipinski definition) is 1. The lowest BCUT2D eigenvalue weighted by Crippen LogP contribution is -2.62. The standard InChI is InChI=1S/C17H19ClFN3O7S/c1-20-15(25)22(16(26)21(2)17(20)30)11-7-12(9(18)6-10(11)19)29-8-14(24)28-5-4-13(23)27-3/h6-7,17,30H,4-5,8H2,1-3H3. The Bertz CT molecular complexity index is 850. The van der Waals surface area contributed by atoms with E-state index >= 15 is 0 Å². The molecule has 1 aliphatic rings. The van der Waals surface area contributed by atoms with Crippen molar-refractivity contribution < 1.29 is 37.8 Å². The van der Waals surface area contributed by atoms with Gasteiger partial charge in [0.15, 0.2) is 12.1 Å². The van der Waals surface area contributed by atoms with E-state index in [-0.39, 0.29) is 23.8 Å². The molecule has 1 aliphatic heterocycles. The second-order valence-electron chi connectivity index (χ2n) is 6.04. The SMILES string of the molecule is COC(=O)CCOC(=O)COc1cc(N2C(=O)N(C)C(S)N(C)C2=O)c(F)cc1Cl. The predicted molar refractivity (Wildman–Crippen MR) is 106 cm³/mol. The van der Waals surface area contributed by atoms with Gasteiger partial charge < -0.3 is 14.2 Å². The van der Waals surface area contributed by atoms with Gasteiger partial charge in [-0.05, 0) is 6.07 Å². The number of carbonyl (C=O) groups is 4. The van der Waals surface area contributed by atoms with Crippen LogP contribution in [0.15, 0.2) is 12.1 Å². The summed E-state index contributed by atoms with van der Waals surface area (Å²) >= 11 is 10.1. The quantitative estimate of drug-likeness (QED) is 0.487. The summed E-state index contributed by atoms with van der Waals surface area (Å²) in [5.74, 6) is -2.47. The molecule has 0 aromatic heterocycles. The zero-order chi connectivity index (χ0) is 22.6. The lowest BCUT2D eigenvalue weighted by atomic mass is 10.2. The topological polar surface area (TPSA) is 106 Å². The van der Waals surface area contributed by atoms with E-state index in [2.05, 4.69) is 17.4 Å². The van der Waals surface area contributed by atoms with Crippen molar-refractivity contribution in [3.8, 4) is 5.75 Å². The van der Waals surface area contributed by atoms with E-state index in [1.165, 1.54) is 21.2 Å². The van der Waals surface area contributed by atoms with Gasteiger partial charge in [0.25, 0.3) is 0 Å². The summed E-state index contributed by atoms with van der Waals surface area (Å²) < 4.78 is 29.0. The number of halogens is 2. The Balaban J connectivity index is 2.16. The highest BCUT2D eigenvalue weighted by molar-refractivity contribution is 7.80. The van der Waals surface area contributed by atoms with Crippen molar-refractivity contribution in [2.75, 3.05) is 39.3 Å². The minimum atomic E-state index is -0.950. The van der Waals surface area contributed by atoms with E-state index in [0.717, 1.165) is 21.9 Å². The molecule has 0 N–H and O–H groups in total. The molecule has 0 bridgehead atoms. The third-order valence-electron chi connectivity index (χ3n) is 4.06. The van der Waals surface area contributed by atoms with Crippen LogP contribution < -0.4 is 9.64 Å². The molecule has 164 valence electrons. The molecule has 0 atom stereocenters. The summed E-state index contributed by atoms with van der Waals surface area (Å²) in [5, 5.41) is -0.190. The van der Waals surface area contributed by atoms with Gasteiger partial charge in [-0.3, -0.25) is 14.6 Å². The van der Waals surface area contributed by atoms with Crippen LogP contribution in [0.2, 0.25) is 5.02 Å². The number of urea groups is 2. The van der Waals surface area contributed by atoms with Gasteiger partial charge in [0.05, 0.1) is 24.2 Å². The van der Waals surface area contributed by atoms with Crippen LogP contribution in [0.25, 0.3) is 0 Å². The molecule has 2 rings (SSSR count). The number of amides is 4. The largest absolute Gasteiger partial charge is 0.480 e. The lowest BCUT2D eigenvalue weighted by Gasteiger charge is -2.41. The van der Waals surface area contributed by atoms with Gasteiger partial charge in [-0.25, -0.2) is 23.7 Å². The Morgan fingerprint density at radius 1 is 1.17 bits per heavy atom. The van der Waals surface area contributed by atoms with E-state index in [0.29, 0.717) is 4.90 Å². The average molecular weight is 464 g/mol. The number of imide groups is 1. The first kappa shape index (κ1) is 23.5. The minimum Gasteiger partial charge on any atom is -0.480 e. The van der Waals surface area contributed by atoms with Crippen LogP contribution in [-0.2, 0) is 19.1 Å². The number of carbonyl (C=O) groups excluding carboxylic acids is 4. The molecule has 13 heteroatoms. The van der Waals surface area contributed by atoms with Crippen LogP contribution in [0.3, 0.4) is 0 Å². The van der Waals surface area contributed by atoms with Gasteiger partial charge in [0, 0.05) is 20.2 Å². The van der Waals surface area contributed by atoms with E-state index < -0.39 is 47.6 Å². The summed E-state index contributed by atoms with van der Waals surface area (Å²) in [7, 11) is 3.99. The van der Waals surface area contributed by atoms with E-state index in [1.54, 1.807) is 0 Å². The maximum Gasteiger partial charge on any atom is 0.344 e. The first-order valence-electron chi connectivity index (χ1n) is 8.44. The second kappa shape index (κ2) is 9.85. The number of anilines is 1. The molecule has 1 heterocycles. The Hall–Kier alpha value is -2.73. The van der Waals surface area contributed by atoms with E-state index in [1.807, 2.05) is 0 Å². The van der Waals surface area contributed by atoms with Gasteiger partial charge in [-0.1, -0.05) is 11.6 Å². The highest BCUT2D eigenvalue weighted by Gasteiger charge is 2.41. The van der Waals surface area contributed by atoms with Gasteiger partial charge in [0.1, 0.15) is 18.2 Å². The molecule has 0 saturated carbocycles.